The zero-order chi connectivity index (χ0) is 14.7. The number of hydrogen-bond acceptors (Lipinski definition) is 4. The first kappa shape index (κ1) is 14.2. The van der Waals surface area contributed by atoms with Crippen LogP contribution in [0.5, 0.6) is 0 Å². The molecule has 0 spiro atoms. The molecule has 0 aliphatic heterocycles. The molecule has 1 aromatic carbocycles. The third-order valence-electron chi connectivity index (χ3n) is 3.52. The van der Waals surface area contributed by atoms with Crippen LogP contribution in [0, 0.1) is 0 Å². The zero-order valence-electron chi connectivity index (χ0n) is 12.4. The highest BCUT2D eigenvalue weighted by Gasteiger charge is 2.20. The standard InChI is InChI=1S/C16H20N4S/c1-3-9-20-13(11-18-19-20)16(17-4-2)15-10-12-7-5-6-8-14(12)21-15/h5-8,10-11,16-17H,3-4,9H2,1-2H3. The quantitative estimate of drug-likeness (QED) is 0.756. The Morgan fingerprint density at radius 3 is 2.90 bits per heavy atom. The first-order valence-electron chi connectivity index (χ1n) is 7.43. The molecule has 0 aliphatic rings. The van der Waals surface area contributed by atoms with Gasteiger partial charge in [0.25, 0.3) is 0 Å². The second kappa shape index (κ2) is 6.37. The van der Waals surface area contributed by atoms with E-state index < -0.39 is 0 Å². The van der Waals surface area contributed by atoms with Crippen LogP contribution in [0.2, 0.25) is 0 Å². The molecule has 0 radical (unpaired) electrons. The Hall–Kier alpha value is -1.72. The summed E-state index contributed by atoms with van der Waals surface area (Å²) in [5, 5.41) is 13.2. The number of rotatable bonds is 6. The number of nitrogens with one attached hydrogen (secondary N) is 1. The van der Waals surface area contributed by atoms with Crippen LogP contribution in [0.1, 0.15) is 36.9 Å². The monoisotopic (exact) mass is 300 g/mol. The van der Waals surface area contributed by atoms with Crippen LogP contribution >= 0.6 is 11.3 Å². The highest BCUT2D eigenvalue weighted by atomic mass is 32.1. The maximum atomic E-state index is 4.22. The van der Waals surface area contributed by atoms with Crippen molar-refractivity contribution in [2.75, 3.05) is 6.54 Å². The third kappa shape index (κ3) is 2.84. The molecule has 0 fully saturated rings. The van der Waals surface area contributed by atoms with Crippen LogP contribution in [-0.4, -0.2) is 21.5 Å². The van der Waals surface area contributed by atoms with Crippen molar-refractivity contribution in [1.82, 2.24) is 20.3 Å². The van der Waals surface area contributed by atoms with Gasteiger partial charge in [-0.05, 0) is 30.5 Å². The van der Waals surface area contributed by atoms with Crippen LogP contribution in [-0.2, 0) is 6.54 Å². The van der Waals surface area contributed by atoms with E-state index in [0.29, 0.717) is 0 Å². The summed E-state index contributed by atoms with van der Waals surface area (Å²) in [7, 11) is 0. The van der Waals surface area contributed by atoms with Crippen LogP contribution in [0.15, 0.2) is 36.5 Å². The Morgan fingerprint density at radius 2 is 2.14 bits per heavy atom. The van der Waals surface area contributed by atoms with Gasteiger partial charge >= 0.3 is 0 Å². The fourth-order valence-electron chi connectivity index (χ4n) is 2.57. The predicted octanol–water partition coefficient (Wildman–Crippen LogP) is 3.60. The summed E-state index contributed by atoms with van der Waals surface area (Å²) >= 11 is 1.84. The van der Waals surface area contributed by atoms with Gasteiger partial charge in [0, 0.05) is 16.1 Å². The zero-order valence-corrected chi connectivity index (χ0v) is 13.2. The highest BCUT2D eigenvalue weighted by molar-refractivity contribution is 7.19. The van der Waals surface area contributed by atoms with Crippen molar-refractivity contribution >= 4 is 21.4 Å². The molecule has 0 aliphatic carbocycles. The summed E-state index contributed by atoms with van der Waals surface area (Å²) < 4.78 is 3.34. The lowest BCUT2D eigenvalue weighted by Gasteiger charge is -2.17. The number of benzene rings is 1. The van der Waals surface area contributed by atoms with Crippen molar-refractivity contribution < 1.29 is 0 Å². The Kier molecular flexibility index (Phi) is 4.31. The van der Waals surface area contributed by atoms with E-state index in [0.717, 1.165) is 25.2 Å². The molecule has 0 bridgehead atoms. The average molecular weight is 300 g/mol. The van der Waals surface area contributed by atoms with Crippen molar-refractivity contribution in [3.63, 3.8) is 0 Å². The van der Waals surface area contributed by atoms with Crippen molar-refractivity contribution in [1.29, 1.82) is 0 Å². The molecule has 21 heavy (non-hydrogen) atoms. The summed E-state index contributed by atoms with van der Waals surface area (Å²) in [6.45, 7) is 6.11. The van der Waals surface area contributed by atoms with Gasteiger partial charge in [-0.1, -0.05) is 37.3 Å². The maximum Gasteiger partial charge on any atom is 0.0858 e. The summed E-state index contributed by atoms with van der Waals surface area (Å²) in [6.07, 6.45) is 2.94. The number of thiophene rings is 1. The van der Waals surface area contributed by atoms with Gasteiger partial charge in [-0.2, -0.15) is 0 Å². The fourth-order valence-corrected chi connectivity index (χ4v) is 3.73. The van der Waals surface area contributed by atoms with Crippen molar-refractivity contribution in [3.8, 4) is 0 Å². The molecule has 1 N–H and O–H groups in total. The van der Waals surface area contributed by atoms with Crippen LogP contribution < -0.4 is 5.32 Å². The normalized spacial score (nSPS) is 12.9. The lowest BCUT2D eigenvalue weighted by Crippen LogP contribution is -2.24. The molecule has 4 nitrogen and oxygen atoms in total. The lowest BCUT2D eigenvalue weighted by molar-refractivity contribution is 0.515. The van der Waals surface area contributed by atoms with Gasteiger partial charge in [-0.3, -0.25) is 0 Å². The Morgan fingerprint density at radius 1 is 1.29 bits per heavy atom. The molecule has 3 rings (SSSR count). The first-order chi connectivity index (χ1) is 10.3. The smallest absolute Gasteiger partial charge is 0.0858 e. The van der Waals surface area contributed by atoms with Gasteiger partial charge in [0.05, 0.1) is 17.9 Å². The predicted molar refractivity (Wildman–Crippen MR) is 87.7 cm³/mol. The summed E-state index contributed by atoms with van der Waals surface area (Å²) in [4.78, 5) is 1.32. The molecule has 0 saturated heterocycles. The summed E-state index contributed by atoms with van der Waals surface area (Å²) in [5.41, 5.74) is 1.14. The molecule has 5 heteroatoms. The van der Waals surface area contributed by atoms with Crippen molar-refractivity contribution in [2.45, 2.75) is 32.9 Å². The van der Waals surface area contributed by atoms with Crippen LogP contribution in [0.3, 0.4) is 0 Å². The average Bonchev–Trinajstić information content (AvgIpc) is 3.11. The molecule has 3 aromatic rings. The maximum absolute atomic E-state index is 4.22. The minimum absolute atomic E-state index is 0.161. The highest BCUT2D eigenvalue weighted by Crippen LogP contribution is 2.32. The largest absolute Gasteiger partial charge is 0.305 e. The van der Waals surface area contributed by atoms with Gasteiger partial charge in [-0.25, -0.2) is 4.68 Å². The minimum atomic E-state index is 0.161. The van der Waals surface area contributed by atoms with Crippen LogP contribution in [0.25, 0.3) is 10.1 Å². The molecule has 2 aromatic heterocycles. The molecule has 110 valence electrons. The van der Waals surface area contributed by atoms with Crippen LogP contribution in [0.4, 0.5) is 0 Å². The number of hydrogen-bond donors (Lipinski definition) is 1. The molecule has 1 unspecified atom stereocenters. The summed E-state index contributed by atoms with van der Waals surface area (Å²) in [5.74, 6) is 0. The lowest BCUT2D eigenvalue weighted by atomic mass is 10.1. The molecular formula is C16H20N4S. The van der Waals surface area contributed by atoms with Gasteiger partial charge in [-0.15, -0.1) is 16.4 Å². The van der Waals surface area contributed by atoms with E-state index >= 15 is 0 Å². The Bertz CT molecular complexity index is 683. The molecular weight excluding hydrogens is 280 g/mol. The topological polar surface area (TPSA) is 42.7 Å². The van der Waals surface area contributed by atoms with E-state index in [1.807, 2.05) is 22.2 Å². The molecule has 0 saturated carbocycles. The van der Waals surface area contributed by atoms with E-state index in [1.54, 1.807) is 0 Å². The number of aryl methyl sites for hydroxylation is 1. The van der Waals surface area contributed by atoms with Crippen molar-refractivity contribution in [3.05, 3.63) is 47.1 Å². The van der Waals surface area contributed by atoms with E-state index in [4.69, 9.17) is 0 Å². The van der Waals surface area contributed by atoms with Gasteiger partial charge in [0.2, 0.25) is 0 Å². The van der Waals surface area contributed by atoms with E-state index in [2.05, 4.69) is 59.8 Å². The third-order valence-corrected chi connectivity index (χ3v) is 4.70. The first-order valence-corrected chi connectivity index (χ1v) is 8.25. The van der Waals surface area contributed by atoms with Gasteiger partial charge < -0.3 is 5.32 Å². The minimum Gasteiger partial charge on any atom is -0.305 e. The number of nitrogens with zero attached hydrogens (tertiary/aromatic N) is 3. The van der Waals surface area contributed by atoms with E-state index in [-0.39, 0.29) is 6.04 Å². The number of aromatic nitrogens is 3. The Labute approximate surface area is 128 Å². The SMILES string of the molecule is CCCn1nncc1C(NCC)c1cc2ccccc2s1. The van der Waals surface area contributed by atoms with Gasteiger partial charge in [0.15, 0.2) is 0 Å². The van der Waals surface area contributed by atoms with Crippen molar-refractivity contribution in [2.24, 2.45) is 0 Å². The number of fused-ring (bicyclic) bond motifs is 1. The second-order valence-electron chi connectivity index (χ2n) is 5.06. The molecule has 0 amide bonds. The van der Waals surface area contributed by atoms with Gasteiger partial charge in [0.1, 0.15) is 0 Å². The fraction of sp³-hybridized carbons (Fsp3) is 0.375. The second-order valence-corrected chi connectivity index (χ2v) is 6.17. The Balaban J connectivity index is 2.02. The molecule has 1 atom stereocenters. The van der Waals surface area contributed by atoms with E-state index in [9.17, 15) is 0 Å². The summed E-state index contributed by atoms with van der Waals surface area (Å²) in [6, 6.07) is 11.0. The van der Waals surface area contributed by atoms with E-state index in [1.165, 1.54) is 15.0 Å². The molecule has 2 heterocycles.